The lowest BCUT2D eigenvalue weighted by molar-refractivity contribution is 0.966. The molecule has 0 spiro atoms. The van der Waals surface area contributed by atoms with Gasteiger partial charge in [0.15, 0.2) is 0 Å². The maximum absolute atomic E-state index is 5.90. The number of rotatable bonds is 2. The van der Waals surface area contributed by atoms with E-state index in [9.17, 15) is 0 Å². The average Bonchev–Trinajstić information content (AvgIpc) is 2.29. The Hall–Kier alpha value is -1.45. The van der Waals surface area contributed by atoms with Gasteiger partial charge in [-0.25, -0.2) is 9.97 Å². The first-order valence-electron chi connectivity index (χ1n) is 4.56. The van der Waals surface area contributed by atoms with Crippen molar-refractivity contribution in [1.82, 2.24) is 9.97 Å². The molecule has 1 aromatic carbocycles. The molecular formula is C11H10ClN3. The van der Waals surface area contributed by atoms with Crippen LogP contribution in [-0.4, -0.2) is 9.97 Å². The van der Waals surface area contributed by atoms with Crippen molar-refractivity contribution in [2.24, 2.45) is 5.73 Å². The van der Waals surface area contributed by atoms with E-state index in [0.717, 1.165) is 17.0 Å². The van der Waals surface area contributed by atoms with Crippen LogP contribution in [0, 0.1) is 0 Å². The van der Waals surface area contributed by atoms with Gasteiger partial charge in [-0.1, -0.05) is 23.7 Å². The third kappa shape index (κ3) is 2.32. The zero-order valence-corrected chi connectivity index (χ0v) is 8.78. The summed E-state index contributed by atoms with van der Waals surface area (Å²) < 4.78 is 0. The fraction of sp³-hybridized carbons (Fsp3) is 0.0909. The van der Waals surface area contributed by atoms with Gasteiger partial charge in [0.05, 0.1) is 11.4 Å². The summed E-state index contributed by atoms with van der Waals surface area (Å²) in [4.78, 5) is 8.21. The number of aromatic nitrogens is 2. The predicted molar refractivity (Wildman–Crippen MR) is 60.4 cm³/mol. The Kier molecular flexibility index (Phi) is 2.94. The molecule has 15 heavy (non-hydrogen) atoms. The summed E-state index contributed by atoms with van der Waals surface area (Å²) in [7, 11) is 0. The molecule has 0 amide bonds. The molecule has 4 heteroatoms. The first kappa shape index (κ1) is 10.1. The predicted octanol–water partition coefficient (Wildman–Crippen LogP) is 2.26. The Morgan fingerprint density at radius 2 is 2.07 bits per heavy atom. The van der Waals surface area contributed by atoms with Crippen LogP contribution in [0.5, 0.6) is 0 Å². The van der Waals surface area contributed by atoms with Gasteiger partial charge in [0, 0.05) is 17.1 Å². The van der Waals surface area contributed by atoms with Crippen LogP contribution in [0.15, 0.2) is 36.7 Å². The van der Waals surface area contributed by atoms with E-state index in [1.165, 1.54) is 6.33 Å². The van der Waals surface area contributed by atoms with Gasteiger partial charge in [0.2, 0.25) is 0 Å². The number of nitrogens with two attached hydrogens (primary N) is 1. The molecule has 3 nitrogen and oxygen atoms in total. The first-order valence-corrected chi connectivity index (χ1v) is 4.94. The Morgan fingerprint density at radius 1 is 1.20 bits per heavy atom. The topological polar surface area (TPSA) is 51.8 Å². The lowest BCUT2D eigenvalue weighted by Crippen LogP contribution is -2.00. The van der Waals surface area contributed by atoms with E-state index in [4.69, 9.17) is 17.3 Å². The molecule has 2 N–H and O–H groups in total. The average molecular weight is 220 g/mol. The smallest absolute Gasteiger partial charge is 0.116 e. The summed E-state index contributed by atoms with van der Waals surface area (Å²) in [6.45, 7) is 0.413. The molecule has 0 bridgehead atoms. The molecular weight excluding hydrogens is 210 g/mol. The van der Waals surface area contributed by atoms with Crippen LogP contribution in [0.25, 0.3) is 11.3 Å². The number of halogens is 1. The maximum Gasteiger partial charge on any atom is 0.116 e. The first-order chi connectivity index (χ1) is 7.29. The molecule has 76 valence electrons. The highest BCUT2D eigenvalue weighted by atomic mass is 35.5. The maximum atomic E-state index is 5.90. The van der Waals surface area contributed by atoms with Crippen molar-refractivity contribution < 1.29 is 0 Å². The molecule has 0 fully saturated rings. The monoisotopic (exact) mass is 219 g/mol. The van der Waals surface area contributed by atoms with E-state index in [-0.39, 0.29) is 0 Å². The van der Waals surface area contributed by atoms with E-state index < -0.39 is 0 Å². The van der Waals surface area contributed by atoms with Gasteiger partial charge >= 0.3 is 0 Å². The molecule has 1 heterocycles. The number of hydrogen-bond acceptors (Lipinski definition) is 3. The van der Waals surface area contributed by atoms with E-state index in [1.54, 1.807) is 0 Å². The number of nitrogens with zero attached hydrogens (tertiary/aromatic N) is 2. The quantitative estimate of drug-likeness (QED) is 0.843. The zero-order chi connectivity index (χ0) is 10.7. The Balaban J connectivity index is 2.44. The second-order valence-corrected chi connectivity index (χ2v) is 3.55. The van der Waals surface area contributed by atoms with Crippen LogP contribution in [0.2, 0.25) is 5.02 Å². The van der Waals surface area contributed by atoms with Crippen LogP contribution in [-0.2, 0) is 6.54 Å². The molecule has 0 aliphatic heterocycles. The lowest BCUT2D eigenvalue weighted by atomic mass is 10.1. The van der Waals surface area contributed by atoms with E-state index in [1.807, 2.05) is 30.3 Å². The van der Waals surface area contributed by atoms with Crippen molar-refractivity contribution in [2.45, 2.75) is 6.54 Å². The molecule has 0 atom stereocenters. The molecule has 0 aliphatic carbocycles. The van der Waals surface area contributed by atoms with E-state index >= 15 is 0 Å². The van der Waals surface area contributed by atoms with Crippen molar-refractivity contribution in [3.63, 3.8) is 0 Å². The molecule has 2 rings (SSSR count). The van der Waals surface area contributed by atoms with Crippen LogP contribution in [0.1, 0.15) is 5.69 Å². The highest BCUT2D eigenvalue weighted by molar-refractivity contribution is 6.30. The standard InChI is InChI=1S/C11H10ClN3/c12-9-3-1-2-8(4-9)11-5-10(6-13)14-7-15-11/h1-5,7H,6,13H2. The Morgan fingerprint density at radius 3 is 2.80 bits per heavy atom. The van der Waals surface area contributed by atoms with Crippen LogP contribution >= 0.6 is 11.6 Å². The Bertz CT molecular complexity index is 471. The summed E-state index contributed by atoms with van der Waals surface area (Å²) >= 11 is 5.90. The normalized spacial score (nSPS) is 10.3. The van der Waals surface area contributed by atoms with Crippen LogP contribution in [0.4, 0.5) is 0 Å². The van der Waals surface area contributed by atoms with Gasteiger partial charge < -0.3 is 5.73 Å². The highest BCUT2D eigenvalue weighted by Crippen LogP contribution is 2.20. The van der Waals surface area contributed by atoms with Gasteiger partial charge in [-0.2, -0.15) is 0 Å². The third-order valence-corrected chi connectivity index (χ3v) is 2.29. The van der Waals surface area contributed by atoms with Crippen molar-refractivity contribution in [3.8, 4) is 11.3 Å². The van der Waals surface area contributed by atoms with Crippen LogP contribution in [0.3, 0.4) is 0 Å². The summed E-state index contributed by atoms with van der Waals surface area (Å²) in [6, 6.07) is 9.41. The van der Waals surface area contributed by atoms with Crippen molar-refractivity contribution in [3.05, 3.63) is 47.4 Å². The van der Waals surface area contributed by atoms with Gasteiger partial charge in [0.25, 0.3) is 0 Å². The molecule has 0 saturated carbocycles. The molecule has 1 aromatic heterocycles. The SMILES string of the molecule is NCc1cc(-c2cccc(Cl)c2)ncn1. The van der Waals surface area contributed by atoms with Crippen LogP contribution < -0.4 is 5.73 Å². The molecule has 0 saturated heterocycles. The van der Waals surface area contributed by atoms with E-state index in [2.05, 4.69) is 9.97 Å². The summed E-state index contributed by atoms with van der Waals surface area (Å²) in [6.07, 6.45) is 1.51. The lowest BCUT2D eigenvalue weighted by Gasteiger charge is -2.02. The second kappa shape index (κ2) is 4.38. The molecule has 0 aliphatic rings. The minimum absolute atomic E-state index is 0.413. The summed E-state index contributed by atoms with van der Waals surface area (Å²) in [5.41, 5.74) is 8.14. The summed E-state index contributed by atoms with van der Waals surface area (Å²) in [5.74, 6) is 0. The second-order valence-electron chi connectivity index (χ2n) is 3.11. The number of hydrogen-bond donors (Lipinski definition) is 1. The molecule has 0 radical (unpaired) electrons. The Labute approximate surface area is 92.9 Å². The number of benzene rings is 1. The third-order valence-electron chi connectivity index (χ3n) is 2.05. The summed E-state index contributed by atoms with van der Waals surface area (Å²) in [5, 5.41) is 0.695. The molecule has 0 unspecified atom stereocenters. The zero-order valence-electron chi connectivity index (χ0n) is 8.02. The van der Waals surface area contributed by atoms with Crippen molar-refractivity contribution in [2.75, 3.05) is 0 Å². The van der Waals surface area contributed by atoms with Gasteiger partial charge in [-0.05, 0) is 18.2 Å². The van der Waals surface area contributed by atoms with Gasteiger partial charge in [0.1, 0.15) is 6.33 Å². The minimum atomic E-state index is 0.413. The van der Waals surface area contributed by atoms with Gasteiger partial charge in [-0.3, -0.25) is 0 Å². The van der Waals surface area contributed by atoms with Crippen molar-refractivity contribution in [1.29, 1.82) is 0 Å². The molecule has 2 aromatic rings. The fourth-order valence-corrected chi connectivity index (χ4v) is 1.51. The minimum Gasteiger partial charge on any atom is -0.325 e. The van der Waals surface area contributed by atoms with Gasteiger partial charge in [-0.15, -0.1) is 0 Å². The van der Waals surface area contributed by atoms with Crippen molar-refractivity contribution >= 4 is 11.6 Å². The largest absolute Gasteiger partial charge is 0.325 e. The highest BCUT2D eigenvalue weighted by Gasteiger charge is 2.01. The van der Waals surface area contributed by atoms with E-state index in [0.29, 0.717) is 11.6 Å². The fourth-order valence-electron chi connectivity index (χ4n) is 1.31.